The number of nitrogens with one attached hydrogen (secondary N) is 2. The lowest BCUT2D eigenvalue weighted by atomic mass is 9.95. The molecular weight excluding hydrogens is 881 g/mol. The van der Waals surface area contributed by atoms with Crippen LogP contribution in [0.5, 0.6) is 0 Å². The maximum atomic E-state index is 13.1. The Kier molecular flexibility index (Phi) is 12.3. The van der Waals surface area contributed by atoms with E-state index in [-0.39, 0.29) is 11.8 Å². The molecule has 4 aliphatic carbocycles. The van der Waals surface area contributed by atoms with Crippen LogP contribution in [0.25, 0.3) is 0 Å². The molecule has 4 aromatic carbocycles. The minimum absolute atomic E-state index is 0.00778. The van der Waals surface area contributed by atoms with Crippen molar-refractivity contribution in [2.24, 2.45) is 33.7 Å². The minimum Gasteiger partial charge on any atom is -0.351 e. The van der Waals surface area contributed by atoms with Gasteiger partial charge in [0.1, 0.15) is 23.8 Å². The number of hydrogen-bond acceptors (Lipinski definition) is 6. The van der Waals surface area contributed by atoms with Gasteiger partial charge in [0.25, 0.3) is 0 Å². The zero-order valence-electron chi connectivity index (χ0n) is 32.6. The first kappa shape index (κ1) is 41.8. The monoisotopic (exact) mass is 922 g/mol. The Morgan fingerprint density at radius 2 is 0.883 bits per heavy atom. The molecule has 10 rings (SSSR count). The second-order valence-corrected chi connectivity index (χ2v) is 19.5. The number of amides is 2. The molecule has 8 atom stereocenters. The SMILES string of the molecule is O=C(NC1CC2CCC1C2)C1CN(c2ccc(Cl)cc2)C(c2ccc(Cl)cc2Cl)=N1.O=C(NC1CC2CCC1C2)C1CN(c2ccc(Cl)cc2)C(c2ccc(Cl)cc2Cl)=N1. The van der Waals surface area contributed by atoms with E-state index < -0.39 is 12.1 Å². The Bertz CT molecular complexity index is 2180. The lowest BCUT2D eigenvalue weighted by Gasteiger charge is -2.24. The van der Waals surface area contributed by atoms with Gasteiger partial charge < -0.3 is 20.4 Å². The van der Waals surface area contributed by atoms with Crippen molar-refractivity contribution in [1.29, 1.82) is 0 Å². The molecule has 2 amide bonds. The van der Waals surface area contributed by atoms with Crippen LogP contribution in [0.1, 0.15) is 62.5 Å². The van der Waals surface area contributed by atoms with Crippen molar-refractivity contribution in [3.05, 3.63) is 126 Å². The molecule has 0 spiro atoms. The molecule has 4 saturated carbocycles. The third-order valence-electron chi connectivity index (χ3n) is 13.1. The van der Waals surface area contributed by atoms with E-state index in [1.165, 1.54) is 38.5 Å². The Morgan fingerprint density at radius 3 is 1.22 bits per heavy atom. The van der Waals surface area contributed by atoms with Crippen molar-refractivity contribution >= 4 is 104 Å². The predicted molar refractivity (Wildman–Crippen MR) is 246 cm³/mol. The number of hydrogen-bond donors (Lipinski definition) is 2. The molecule has 0 aromatic heterocycles. The summed E-state index contributed by atoms with van der Waals surface area (Å²) in [4.78, 5) is 39.9. The summed E-state index contributed by atoms with van der Waals surface area (Å²) in [6.07, 6.45) is 9.78. The lowest BCUT2D eigenvalue weighted by Crippen LogP contribution is -2.45. The maximum Gasteiger partial charge on any atom is 0.246 e. The van der Waals surface area contributed by atoms with Gasteiger partial charge in [0.15, 0.2) is 0 Å². The van der Waals surface area contributed by atoms with E-state index in [4.69, 9.17) is 79.6 Å². The van der Waals surface area contributed by atoms with E-state index in [1.807, 2.05) is 70.5 Å². The Morgan fingerprint density at radius 1 is 0.500 bits per heavy atom. The first-order chi connectivity index (χ1) is 28.9. The summed E-state index contributed by atoms with van der Waals surface area (Å²) in [5, 5.41) is 10.0. The van der Waals surface area contributed by atoms with Crippen LogP contribution >= 0.6 is 69.6 Å². The van der Waals surface area contributed by atoms with Crippen molar-refractivity contribution < 1.29 is 9.59 Å². The van der Waals surface area contributed by atoms with Crippen molar-refractivity contribution in [1.82, 2.24) is 10.6 Å². The lowest BCUT2D eigenvalue weighted by molar-refractivity contribution is -0.123. The number of benzene rings is 4. The molecule has 312 valence electrons. The summed E-state index contributed by atoms with van der Waals surface area (Å²) < 4.78 is 0. The molecule has 0 radical (unpaired) electrons. The molecule has 2 aliphatic heterocycles. The summed E-state index contributed by atoms with van der Waals surface area (Å²) in [6.45, 7) is 0.922. The number of anilines is 2. The van der Waals surface area contributed by atoms with Gasteiger partial charge in [-0.25, -0.2) is 0 Å². The van der Waals surface area contributed by atoms with E-state index in [9.17, 15) is 9.59 Å². The van der Waals surface area contributed by atoms with Crippen molar-refractivity contribution in [2.75, 3.05) is 22.9 Å². The van der Waals surface area contributed by atoms with Gasteiger partial charge in [-0.05, 0) is 147 Å². The highest BCUT2D eigenvalue weighted by Crippen LogP contribution is 2.45. The van der Waals surface area contributed by atoms with Crippen LogP contribution in [0, 0.1) is 23.7 Å². The molecular formula is C46H44Cl6N6O2. The van der Waals surface area contributed by atoms with Crippen LogP contribution in [-0.4, -0.2) is 60.7 Å². The topological polar surface area (TPSA) is 89.4 Å². The van der Waals surface area contributed by atoms with Crippen LogP contribution in [-0.2, 0) is 9.59 Å². The second kappa shape index (κ2) is 17.7. The third-order valence-corrected chi connectivity index (χ3v) is 14.7. The number of rotatable bonds is 8. The first-order valence-corrected chi connectivity index (χ1v) is 23.0. The van der Waals surface area contributed by atoms with E-state index in [2.05, 4.69) is 10.6 Å². The number of amidine groups is 2. The molecule has 4 fully saturated rings. The van der Waals surface area contributed by atoms with Gasteiger partial charge in [0.2, 0.25) is 11.8 Å². The molecule has 4 aromatic rings. The van der Waals surface area contributed by atoms with Crippen LogP contribution in [0.4, 0.5) is 11.4 Å². The predicted octanol–water partition coefficient (Wildman–Crippen LogP) is 11.2. The highest BCUT2D eigenvalue weighted by Gasteiger charge is 2.43. The largest absolute Gasteiger partial charge is 0.351 e. The molecule has 2 N–H and O–H groups in total. The van der Waals surface area contributed by atoms with Gasteiger partial charge in [-0.1, -0.05) is 82.4 Å². The summed E-state index contributed by atoms with van der Waals surface area (Å²) in [5.41, 5.74) is 3.34. The smallest absolute Gasteiger partial charge is 0.246 e. The van der Waals surface area contributed by atoms with Gasteiger partial charge in [-0.3, -0.25) is 19.6 Å². The summed E-state index contributed by atoms with van der Waals surface area (Å²) >= 11 is 37.3. The van der Waals surface area contributed by atoms with Gasteiger partial charge in [-0.15, -0.1) is 0 Å². The number of nitrogens with zero attached hydrogens (tertiary/aromatic N) is 4. The van der Waals surface area contributed by atoms with Gasteiger partial charge >= 0.3 is 0 Å². The van der Waals surface area contributed by atoms with Crippen LogP contribution in [0.3, 0.4) is 0 Å². The van der Waals surface area contributed by atoms with Crippen molar-refractivity contribution in [2.45, 2.75) is 75.5 Å². The van der Waals surface area contributed by atoms with E-state index >= 15 is 0 Å². The van der Waals surface area contributed by atoms with Crippen LogP contribution in [0.2, 0.25) is 30.1 Å². The zero-order chi connectivity index (χ0) is 41.7. The fourth-order valence-electron chi connectivity index (χ4n) is 10.2. The van der Waals surface area contributed by atoms with Gasteiger partial charge in [0.05, 0.1) is 23.1 Å². The number of halogens is 6. The molecule has 8 nitrogen and oxygen atoms in total. The minimum atomic E-state index is -0.485. The molecule has 6 aliphatic rings. The van der Waals surface area contributed by atoms with E-state index in [0.29, 0.717) is 78.8 Å². The molecule has 0 saturated heterocycles. The maximum absolute atomic E-state index is 13.1. The summed E-state index contributed by atoms with van der Waals surface area (Å²) in [6, 6.07) is 25.3. The molecule has 14 heteroatoms. The average molecular weight is 926 g/mol. The zero-order valence-corrected chi connectivity index (χ0v) is 37.2. The highest BCUT2D eigenvalue weighted by molar-refractivity contribution is 6.38. The van der Waals surface area contributed by atoms with Gasteiger partial charge in [-0.2, -0.15) is 0 Å². The second-order valence-electron chi connectivity index (χ2n) is 16.9. The number of aliphatic imine (C=N–C) groups is 2. The number of fused-ring (bicyclic) bond motifs is 4. The molecule has 8 unspecified atom stereocenters. The molecule has 4 bridgehead atoms. The van der Waals surface area contributed by atoms with E-state index in [0.717, 1.165) is 47.2 Å². The normalized spacial score (nSPS) is 27.4. The fourth-order valence-corrected chi connectivity index (χ4v) is 11.4. The summed E-state index contributed by atoms with van der Waals surface area (Å²) in [7, 11) is 0. The van der Waals surface area contributed by atoms with Crippen molar-refractivity contribution in [3.63, 3.8) is 0 Å². The number of carbonyl (C=O) groups excluding carboxylic acids is 2. The van der Waals surface area contributed by atoms with E-state index in [1.54, 1.807) is 24.3 Å². The number of carbonyl (C=O) groups is 2. The van der Waals surface area contributed by atoms with Crippen LogP contribution < -0.4 is 20.4 Å². The molecule has 2 heterocycles. The Hall–Kier alpha value is -3.50. The summed E-state index contributed by atoms with van der Waals surface area (Å²) in [5.74, 6) is 4.14. The van der Waals surface area contributed by atoms with Gasteiger partial charge in [0, 0.05) is 54.7 Å². The quantitative estimate of drug-likeness (QED) is 0.184. The standard InChI is InChI=1S/2C23H22Cl3N3O/c2*24-15-3-6-17(7-4-15)29-12-21(23(30)28-20-10-13-1-2-14(20)9-13)27-22(29)18-8-5-16(25)11-19(18)26/h2*3-8,11,13-14,20-21H,1-2,9-10,12H2,(H,28,30). The Labute approximate surface area is 380 Å². The fraction of sp³-hybridized carbons (Fsp3) is 0.391. The Balaban J connectivity index is 0.000000154. The van der Waals surface area contributed by atoms with Crippen LogP contribution in [0.15, 0.2) is 94.9 Å². The highest BCUT2D eigenvalue weighted by atomic mass is 35.5. The third kappa shape index (κ3) is 8.89. The van der Waals surface area contributed by atoms with Crippen molar-refractivity contribution in [3.8, 4) is 0 Å². The molecule has 60 heavy (non-hydrogen) atoms. The average Bonchev–Trinajstić information content (AvgIpc) is 4.10. The first-order valence-electron chi connectivity index (χ1n) is 20.7.